The molecule has 1 aromatic heterocycles. The Labute approximate surface area is 133 Å². The molecule has 1 unspecified atom stereocenters. The van der Waals surface area contributed by atoms with Crippen molar-refractivity contribution in [3.63, 3.8) is 0 Å². The van der Waals surface area contributed by atoms with Crippen molar-refractivity contribution in [3.05, 3.63) is 40.6 Å². The highest BCUT2D eigenvalue weighted by molar-refractivity contribution is 5.87. The normalized spacial score (nSPS) is 17.0. The summed E-state index contributed by atoms with van der Waals surface area (Å²) in [6, 6.07) is 6.59. The second-order valence-electron chi connectivity index (χ2n) is 6.76. The molecular weight excluding hydrogens is 270 g/mol. The summed E-state index contributed by atoms with van der Waals surface area (Å²) in [6.07, 6.45) is 1.03. The molecule has 2 N–H and O–H groups in total. The van der Waals surface area contributed by atoms with Crippen LogP contribution in [0.3, 0.4) is 0 Å². The van der Waals surface area contributed by atoms with Crippen molar-refractivity contribution in [2.45, 2.75) is 52.6 Å². The number of benzene rings is 1. The number of hydrogen-bond donors (Lipinski definition) is 1. The molecule has 1 aliphatic rings. The average Bonchev–Trinajstić information content (AvgIpc) is 2.50. The number of likely N-dealkylation sites (N-methyl/N-ethyl adjacent to an activating group) is 1. The van der Waals surface area contributed by atoms with Crippen molar-refractivity contribution in [2.75, 3.05) is 13.1 Å². The van der Waals surface area contributed by atoms with Gasteiger partial charge in [0.2, 0.25) is 0 Å². The van der Waals surface area contributed by atoms with Crippen molar-refractivity contribution in [2.24, 2.45) is 5.73 Å². The van der Waals surface area contributed by atoms with E-state index in [-0.39, 0.29) is 6.04 Å². The molecule has 1 aromatic carbocycles. The van der Waals surface area contributed by atoms with Crippen LogP contribution < -0.4 is 5.73 Å². The van der Waals surface area contributed by atoms with Gasteiger partial charge in [0, 0.05) is 36.6 Å². The van der Waals surface area contributed by atoms with Gasteiger partial charge in [0.25, 0.3) is 0 Å². The van der Waals surface area contributed by atoms with Crippen LogP contribution in [0, 0.1) is 0 Å². The number of aromatic nitrogens is 1. The standard InChI is InChI=1S/C19H27N3/c1-5-22-10-9-17-16(11-22)18(13(4)20)15-8-6-7-14(12(2)3)19(15)21-17/h6-8,12-13H,5,9-11,20H2,1-4H3. The highest BCUT2D eigenvalue weighted by Crippen LogP contribution is 2.34. The summed E-state index contributed by atoms with van der Waals surface area (Å²) in [5, 5.41) is 1.25. The van der Waals surface area contributed by atoms with Gasteiger partial charge in [0.05, 0.1) is 5.52 Å². The number of fused-ring (bicyclic) bond motifs is 2. The van der Waals surface area contributed by atoms with Crippen molar-refractivity contribution >= 4 is 10.9 Å². The van der Waals surface area contributed by atoms with Gasteiger partial charge in [-0.1, -0.05) is 39.0 Å². The number of para-hydroxylation sites is 1. The SMILES string of the molecule is CCN1CCc2nc3c(C(C)C)cccc3c(C(C)N)c2C1. The highest BCUT2D eigenvalue weighted by Gasteiger charge is 2.24. The van der Waals surface area contributed by atoms with Crippen LogP contribution in [0.1, 0.15) is 62.0 Å². The minimum absolute atomic E-state index is 0.0402. The van der Waals surface area contributed by atoms with Crippen LogP contribution in [0.25, 0.3) is 10.9 Å². The fraction of sp³-hybridized carbons (Fsp3) is 0.526. The Morgan fingerprint density at radius 1 is 1.27 bits per heavy atom. The van der Waals surface area contributed by atoms with Gasteiger partial charge in [-0.25, -0.2) is 0 Å². The predicted octanol–water partition coefficient (Wildman–Crippen LogP) is 3.76. The molecular formula is C19H27N3. The van der Waals surface area contributed by atoms with E-state index >= 15 is 0 Å². The number of rotatable bonds is 3. The van der Waals surface area contributed by atoms with Gasteiger partial charge in [0.15, 0.2) is 0 Å². The summed E-state index contributed by atoms with van der Waals surface area (Å²) in [5.41, 5.74) is 12.8. The van der Waals surface area contributed by atoms with E-state index in [9.17, 15) is 0 Å². The van der Waals surface area contributed by atoms with Crippen molar-refractivity contribution in [3.8, 4) is 0 Å². The van der Waals surface area contributed by atoms with E-state index in [0.29, 0.717) is 5.92 Å². The number of hydrogen-bond acceptors (Lipinski definition) is 3. The number of pyridine rings is 1. The van der Waals surface area contributed by atoms with Crippen LogP contribution in [-0.2, 0) is 13.0 Å². The summed E-state index contributed by atoms with van der Waals surface area (Å²) in [7, 11) is 0. The lowest BCUT2D eigenvalue weighted by Crippen LogP contribution is -2.32. The minimum Gasteiger partial charge on any atom is -0.324 e. The van der Waals surface area contributed by atoms with Gasteiger partial charge < -0.3 is 5.73 Å². The van der Waals surface area contributed by atoms with E-state index in [1.807, 2.05) is 0 Å². The third-order valence-corrected chi connectivity index (χ3v) is 4.85. The van der Waals surface area contributed by atoms with Gasteiger partial charge in [0.1, 0.15) is 0 Å². The maximum atomic E-state index is 6.37. The molecule has 0 saturated carbocycles. The summed E-state index contributed by atoms with van der Waals surface area (Å²) in [6.45, 7) is 12.0. The summed E-state index contributed by atoms with van der Waals surface area (Å²) < 4.78 is 0. The van der Waals surface area contributed by atoms with E-state index in [4.69, 9.17) is 10.7 Å². The molecule has 2 heterocycles. The molecule has 1 aliphatic heterocycles. The fourth-order valence-corrected chi connectivity index (χ4v) is 3.63. The molecule has 0 radical (unpaired) electrons. The minimum atomic E-state index is 0.0402. The first-order chi connectivity index (χ1) is 10.5. The van der Waals surface area contributed by atoms with Crippen molar-refractivity contribution in [1.29, 1.82) is 0 Å². The Morgan fingerprint density at radius 3 is 2.68 bits per heavy atom. The first-order valence-electron chi connectivity index (χ1n) is 8.45. The van der Waals surface area contributed by atoms with Gasteiger partial charge in [-0.2, -0.15) is 0 Å². The Bertz CT molecular complexity index is 689. The third-order valence-electron chi connectivity index (χ3n) is 4.85. The molecule has 1 atom stereocenters. The zero-order valence-electron chi connectivity index (χ0n) is 14.2. The molecule has 22 heavy (non-hydrogen) atoms. The zero-order valence-corrected chi connectivity index (χ0v) is 14.2. The monoisotopic (exact) mass is 297 g/mol. The maximum Gasteiger partial charge on any atom is 0.0743 e. The Hall–Kier alpha value is -1.45. The van der Waals surface area contributed by atoms with E-state index in [1.165, 1.54) is 27.8 Å². The summed E-state index contributed by atoms with van der Waals surface area (Å²) in [5.74, 6) is 0.478. The van der Waals surface area contributed by atoms with Gasteiger partial charge in [-0.05, 0) is 36.1 Å². The van der Waals surface area contributed by atoms with E-state index in [2.05, 4.69) is 50.8 Å². The molecule has 3 rings (SSSR count). The van der Waals surface area contributed by atoms with Crippen LogP contribution in [0.2, 0.25) is 0 Å². The summed E-state index contributed by atoms with van der Waals surface area (Å²) >= 11 is 0. The van der Waals surface area contributed by atoms with Crippen LogP contribution >= 0.6 is 0 Å². The van der Waals surface area contributed by atoms with E-state index in [1.54, 1.807) is 0 Å². The maximum absolute atomic E-state index is 6.37. The quantitative estimate of drug-likeness (QED) is 0.938. The van der Waals surface area contributed by atoms with Crippen LogP contribution in [-0.4, -0.2) is 23.0 Å². The molecule has 0 spiro atoms. The topological polar surface area (TPSA) is 42.2 Å². The molecule has 0 fully saturated rings. The Kier molecular flexibility index (Phi) is 4.20. The first kappa shape index (κ1) is 15.4. The first-order valence-corrected chi connectivity index (χ1v) is 8.45. The summed E-state index contributed by atoms with van der Waals surface area (Å²) in [4.78, 5) is 7.55. The highest BCUT2D eigenvalue weighted by atomic mass is 15.1. The van der Waals surface area contributed by atoms with Crippen molar-refractivity contribution in [1.82, 2.24) is 9.88 Å². The molecule has 0 amide bonds. The third kappa shape index (κ3) is 2.53. The molecule has 2 aromatic rings. The lowest BCUT2D eigenvalue weighted by atomic mass is 9.89. The van der Waals surface area contributed by atoms with Crippen LogP contribution in [0.15, 0.2) is 18.2 Å². The van der Waals surface area contributed by atoms with Crippen LogP contribution in [0.5, 0.6) is 0 Å². The van der Waals surface area contributed by atoms with E-state index in [0.717, 1.165) is 31.6 Å². The molecule has 3 nitrogen and oxygen atoms in total. The number of nitrogens with two attached hydrogens (primary N) is 1. The predicted molar refractivity (Wildman–Crippen MR) is 93.1 cm³/mol. The van der Waals surface area contributed by atoms with Gasteiger partial charge >= 0.3 is 0 Å². The molecule has 0 bridgehead atoms. The molecule has 3 heteroatoms. The smallest absolute Gasteiger partial charge is 0.0743 e. The lowest BCUT2D eigenvalue weighted by Gasteiger charge is -2.30. The second kappa shape index (κ2) is 5.98. The molecule has 0 aliphatic carbocycles. The molecule has 0 saturated heterocycles. The Balaban J connectivity index is 2.30. The zero-order chi connectivity index (χ0) is 15.9. The largest absolute Gasteiger partial charge is 0.324 e. The van der Waals surface area contributed by atoms with Gasteiger partial charge in [-0.15, -0.1) is 0 Å². The Morgan fingerprint density at radius 2 is 2.05 bits per heavy atom. The lowest BCUT2D eigenvalue weighted by molar-refractivity contribution is 0.264. The van der Waals surface area contributed by atoms with Crippen molar-refractivity contribution < 1.29 is 0 Å². The second-order valence-corrected chi connectivity index (χ2v) is 6.76. The van der Waals surface area contributed by atoms with Crippen LogP contribution in [0.4, 0.5) is 0 Å². The average molecular weight is 297 g/mol. The number of nitrogens with zero attached hydrogens (tertiary/aromatic N) is 2. The van der Waals surface area contributed by atoms with E-state index < -0.39 is 0 Å². The van der Waals surface area contributed by atoms with Gasteiger partial charge in [-0.3, -0.25) is 9.88 Å². The molecule has 118 valence electrons. The fourth-order valence-electron chi connectivity index (χ4n) is 3.63.